The summed E-state index contributed by atoms with van der Waals surface area (Å²) in [5.41, 5.74) is -1.43. The molecule has 2 heterocycles. The van der Waals surface area contributed by atoms with Gasteiger partial charge in [0, 0.05) is 32.3 Å². The van der Waals surface area contributed by atoms with Gasteiger partial charge in [0.05, 0.1) is 0 Å². The van der Waals surface area contributed by atoms with Crippen molar-refractivity contribution in [3.8, 4) is 5.88 Å². The fourth-order valence-corrected chi connectivity index (χ4v) is 1.56. The van der Waals surface area contributed by atoms with Crippen LogP contribution in [0.2, 0.25) is 0 Å². The lowest BCUT2D eigenvalue weighted by Gasteiger charge is -2.28. The summed E-state index contributed by atoms with van der Waals surface area (Å²) in [6.45, 7) is 0.583. The lowest BCUT2D eigenvalue weighted by atomic mass is 9.98. The topological polar surface area (TPSA) is 31.4 Å². The number of rotatable bonds is 3. The first-order chi connectivity index (χ1) is 7.70. The molecule has 5 heteroatoms. The van der Waals surface area contributed by atoms with Crippen LogP contribution < -0.4 is 4.74 Å². The number of aromatic nitrogens is 1. The molecule has 88 valence electrons. The number of alkyl halides is 1. The van der Waals surface area contributed by atoms with Gasteiger partial charge >= 0.3 is 0 Å². The molecule has 1 aromatic rings. The third-order valence-corrected chi connectivity index (χ3v) is 2.58. The molecular formula is C11H13F2NO2. The van der Waals surface area contributed by atoms with Gasteiger partial charge in [-0.3, -0.25) is 0 Å². The SMILES string of the molecule is Fc1cccnc1OCC1(F)CCOCC1. The van der Waals surface area contributed by atoms with E-state index >= 15 is 0 Å². The Hall–Kier alpha value is -1.23. The van der Waals surface area contributed by atoms with Gasteiger partial charge < -0.3 is 9.47 Å². The maximum Gasteiger partial charge on any atom is 0.250 e. The van der Waals surface area contributed by atoms with Crippen LogP contribution in [0.4, 0.5) is 8.78 Å². The molecule has 1 fully saturated rings. The molecule has 0 unspecified atom stereocenters. The van der Waals surface area contributed by atoms with Gasteiger partial charge in [-0.15, -0.1) is 0 Å². The van der Waals surface area contributed by atoms with Crippen LogP contribution in [-0.4, -0.2) is 30.5 Å². The third kappa shape index (κ3) is 2.66. The van der Waals surface area contributed by atoms with E-state index in [-0.39, 0.29) is 25.3 Å². The van der Waals surface area contributed by atoms with Crippen molar-refractivity contribution >= 4 is 0 Å². The smallest absolute Gasteiger partial charge is 0.250 e. The Kier molecular flexibility index (Phi) is 3.33. The van der Waals surface area contributed by atoms with E-state index in [1.807, 2.05) is 0 Å². The van der Waals surface area contributed by atoms with Crippen LogP contribution in [0.3, 0.4) is 0 Å². The van der Waals surface area contributed by atoms with Crippen LogP contribution in [0.15, 0.2) is 18.3 Å². The second kappa shape index (κ2) is 4.74. The summed E-state index contributed by atoms with van der Waals surface area (Å²) in [6, 6.07) is 2.69. The molecule has 1 aliphatic heterocycles. The van der Waals surface area contributed by atoms with Crippen molar-refractivity contribution < 1.29 is 18.3 Å². The highest BCUT2D eigenvalue weighted by Crippen LogP contribution is 2.26. The van der Waals surface area contributed by atoms with E-state index in [1.165, 1.54) is 18.3 Å². The summed E-state index contributed by atoms with van der Waals surface area (Å²) in [5.74, 6) is -0.718. The first-order valence-electron chi connectivity index (χ1n) is 5.20. The molecule has 0 spiro atoms. The molecule has 0 N–H and O–H groups in total. The molecule has 0 aromatic carbocycles. The van der Waals surface area contributed by atoms with E-state index in [2.05, 4.69) is 4.98 Å². The second-order valence-electron chi connectivity index (χ2n) is 3.84. The molecule has 0 radical (unpaired) electrons. The van der Waals surface area contributed by atoms with E-state index in [9.17, 15) is 8.78 Å². The Morgan fingerprint density at radius 2 is 2.19 bits per heavy atom. The van der Waals surface area contributed by atoms with Gasteiger partial charge in [-0.25, -0.2) is 13.8 Å². The molecule has 1 saturated heterocycles. The van der Waals surface area contributed by atoms with Crippen molar-refractivity contribution in [2.75, 3.05) is 19.8 Å². The maximum absolute atomic E-state index is 14.0. The highest BCUT2D eigenvalue weighted by molar-refractivity contribution is 5.13. The zero-order valence-electron chi connectivity index (χ0n) is 8.79. The first kappa shape index (κ1) is 11.3. The van der Waals surface area contributed by atoms with E-state index in [0.29, 0.717) is 13.2 Å². The lowest BCUT2D eigenvalue weighted by molar-refractivity contribution is -0.0337. The van der Waals surface area contributed by atoms with E-state index in [0.717, 1.165) is 0 Å². The zero-order valence-corrected chi connectivity index (χ0v) is 8.79. The molecule has 0 bridgehead atoms. The van der Waals surface area contributed by atoms with Crippen LogP contribution in [0.1, 0.15) is 12.8 Å². The summed E-state index contributed by atoms with van der Waals surface area (Å²) in [6.07, 6.45) is 1.97. The highest BCUT2D eigenvalue weighted by atomic mass is 19.1. The molecule has 0 aliphatic carbocycles. The minimum atomic E-state index is -1.43. The first-order valence-corrected chi connectivity index (χ1v) is 5.20. The van der Waals surface area contributed by atoms with Gasteiger partial charge in [0.1, 0.15) is 12.3 Å². The van der Waals surface area contributed by atoms with Gasteiger partial charge in [0.2, 0.25) is 5.88 Å². The number of nitrogens with zero attached hydrogens (tertiary/aromatic N) is 1. The number of hydrogen-bond donors (Lipinski definition) is 0. The molecule has 0 atom stereocenters. The van der Waals surface area contributed by atoms with Crippen LogP contribution >= 0.6 is 0 Å². The van der Waals surface area contributed by atoms with Crippen LogP contribution in [-0.2, 0) is 4.74 Å². The van der Waals surface area contributed by atoms with Gasteiger partial charge in [0.25, 0.3) is 0 Å². The molecule has 1 aromatic heterocycles. The van der Waals surface area contributed by atoms with Crippen LogP contribution in [0.25, 0.3) is 0 Å². The monoisotopic (exact) mass is 229 g/mol. The van der Waals surface area contributed by atoms with E-state index in [4.69, 9.17) is 9.47 Å². The van der Waals surface area contributed by atoms with Crippen molar-refractivity contribution in [1.82, 2.24) is 4.98 Å². The van der Waals surface area contributed by atoms with Crippen molar-refractivity contribution in [1.29, 1.82) is 0 Å². The minimum Gasteiger partial charge on any atom is -0.472 e. The molecule has 1 aliphatic rings. The van der Waals surface area contributed by atoms with Crippen molar-refractivity contribution in [3.05, 3.63) is 24.1 Å². The normalized spacial score (nSPS) is 19.4. The zero-order chi connectivity index (χ0) is 11.4. The van der Waals surface area contributed by atoms with Crippen LogP contribution in [0.5, 0.6) is 5.88 Å². The summed E-state index contributed by atoms with van der Waals surface area (Å²) in [7, 11) is 0. The summed E-state index contributed by atoms with van der Waals surface area (Å²) in [5, 5.41) is 0. The average Bonchev–Trinajstić information content (AvgIpc) is 2.29. The predicted octanol–water partition coefficient (Wildman–Crippen LogP) is 2.12. The minimum absolute atomic E-state index is 0.147. The summed E-state index contributed by atoms with van der Waals surface area (Å²) < 4.78 is 37.3. The lowest BCUT2D eigenvalue weighted by Crippen LogP contribution is -2.37. The largest absolute Gasteiger partial charge is 0.472 e. The summed E-state index contributed by atoms with van der Waals surface area (Å²) >= 11 is 0. The summed E-state index contributed by atoms with van der Waals surface area (Å²) in [4.78, 5) is 3.70. The molecule has 3 nitrogen and oxygen atoms in total. The third-order valence-electron chi connectivity index (χ3n) is 2.58. The Morgan fingerprint density at radius 3 is 2.88 bits per heavy atom. The standard InChI is InChI=1S/C11H13F2NO2/c12-9-2-1-5-14-10(9)16-8-11(13)3-6-15-7-4-11/h1-2,5H,3-4,6-8H2. The quantitative estimate of drug-likeness (QED) is 0.795. The molecule has 16 heavy (non-hydrogen) atoms. The van der Waals surface area contributed by atoms with Gasteiger partial charge in [-0.2, -0.15) is 0 Å². The van der Waals surface area contributed by atoms with Crippen molar-refractivity contribution in [2.24, 2.45) is 0 Å². The number of ether oxygens (including phenoxy) is 2. The van der Waals surface area contributed by atoms with Gasteiger partial charge in [0.15, 0.2) is 5.82 Å². The number of halogens is 2. The Labute approximate surface area is 92.4 Å². The fourth-order valence-electron chi connectivity index (χ4n) is 1.56. The van der Waals surface area contributed by atoms with E-state index in [1.54, 1.807) is 0 Å². The number of pyridine rings is 1. The molecule has 0 saturated carbocycles. The van der Waals surface area contributed by atoms with Crippen LogP contribution in [0, 0.1) is 5.82 Å². The fraction of sp³-hybridized carbons (Fsp3) is 0.545. The maximum atomic E-state index is 14.0. The molecular weight excluding hydrogens is 216 g/mol. The van der Waals surface area contributed by atoms with E-state index < -0.39 is 11.5 Å². The number of hydrogen-bond acceptors (Lipinski definition) is 3. The Balaban J connectivity index is 1.94. The van der Waals surface area contributed by atoms with Gasteiger partial charge in [-0.1, -0.05) is 0 Å². The highest BCUT2D eigenvalue weighted by Gasteiger charge is 2.33. The molecule has 0 amide bonds. The second-order valence-corrected chi connectivity index (χ2v) is 3.84. The van der Waals surface area contributed by atoms with Crippen molar-refractivity contribution in [2.45, 2.75) is 18.5 Å². The molecule has 2 rings (SSSR count). The Morgan fingerprint density at radius 1 is 1.44 bits per heavy atom. The average molecular weight is 229 g/mol. The predicted molar refractivity (Wildman–Crippen MR) is 53.6 cm³/mol. The van der Waals surface area contributed by atoms with Gasteiger partial charge in [-0.05, 0) is 12.1 Å². The van der Waals surface area contributed by atoms with Crippen molar-refractivity contribution in [3.63, 3.8) is 0 Å². The Bertz CT molecular complexity index is 354.